The third-order valence-corrected chi connectivity index (χ3v) is 4.04. The molecule has 0 saturated heterocycles. The zero-order valence-electron chi connectivity index (χ0n) is 17.7. The summed E-state index contributed by atoms with van der Waals surface area (Å²) in [6.07, 6.45) is 0. The Hall–Kier alpha value is -3.62. The van der Waals surface area contributed by atoms with Crippen LogP contribution in [0.2, 0.25) is 0 Å². The van der Waals surface area contributed by atoms with Gasteiger partial charge in [0.2, 0.25) is 11.5 Å². The lowest BCUT2D eigenvalue weighted by Gasteiger charge is -2.19. The average molecular weight is 420 g/mol. The van der Waals surface area contributed by atoms with E-state index >= 15 is 0 Å². The van der Waals surface area contributed by atoms with Gasteiger partial charge in [-0.25, -0.2) is 9.59 Å². The number of esters is 2. The van der Waals surface area contributed by atoms with Gasteiger partial charge in [0, 0.05) is 0 Å². The minimum atomic E-state index is -0.582. The average Bonchev–Trinajstić information content (AvgIpc) is 2.78. The summed E-state index contributed by atoms with van der Waals surface area (Å²) in [5.74, 6) is 0.146. The van der Waals surface area contributed by atoms with Gasteiger partial charge in [0.15, 0.2) is 23.0 Å². The van der Waals surface area contributed by atoms with Crippen LogP contribution < -0.4 is 23.7 Å². The predicted octanol–water partition coefficient (Wildman–Crippen LogP) is 3.48. The molecule has 0 aliphatic carbocycles. The van der Waals surface area contributed by atoms with Crippen molar-refractivity contribution in [1.29, 1.82) is 0 Å². The normalized spacial score (nSPS) is 10.1. The summed E-state index contributed by atoms with van der Waals surface area (Å²) < 4.78 is 37.4. The van der Waals surface area contributed by atoms with Gasteiger partial charge in [-0.3, -0.25) is 0 Å². The Bertz CT molecular complexity index is 896. The van der Waals surface area contributed by atoms with Crippen LogP contribution in [-0.2, 0) is 9.47 Å². The van der Waals surface area contributed by atoms with E-state index in [0.29, 0.717) is 6.61 Å². The molecule has 0 aromatic heterocycles. The van der Waals surface area contributed by atoms with Crippen LogP contribution >= 0.6 is 0 Å². The Morgan fingerprint density at radius 2 is 1.07 bits per heavy atom. The first kappa shape index (κ1) is 22.7. The number of methoxy groups -OCH3 is 5. The van der Waals surface area contributed by atoms with Gasteiger partial charge < -0.3 is 33.2 Å². The van der Waals surface area contributed by atoms with E-state index in [-0.39, 0.29) is 45.6 Å². The van der Waals surface area contributed by atoms with Gasteiger partial charge in [0.05, 0.1) is 53.3 Å². The molecule has 0 aliphatic heterocycles. The first-order chi connectivity index (χ1) is 14.4. The SMILES string of the molecule is CCOc1c(OC)cc(C(=O)OC)cc1Oc1c(OC)cc(C(=O)OC)cc1OC. The minimum absolute atomic E-state index is 0.165. The summed E-state index contributed by atoms with van der Waals surface area (Å²) >= 11 is 0. The van der Waals surface area contributed by atoms with Gasteiger partial charge >= 0.3 is 11.9 Å². The summed E-state index contributed by atoms with van der Waals surface area (Å²) in [4.78, 5) is 24.0. The van der Waals surface area contributed by atoms with Gasteiger partial charge in [-0.2, -0.15) is 0 Å². The number of hydrogen-bond donors (Lipinski definition) is 0. The van der Waals surface area contributed by atoms with Gasteiger partial charge in [-0.1, -0.05) is 0 Å². The fourth-order valence-electron chi connectivity index (χ4n) is 2.65. The van der Waals surface area contributed by atoms with Gasteiger partial charge in [0.25, 0.3) is 0 Å². The molecular formula is C21H24O9. The molecular weight excluding hydrogens is 396 g/mol. The Labute approximate surface area is 174 Å². The number of rotatable bonds is 9. The molecule has 0 radical (unpaired) electrons. The molecule has 9 heteroatoms. The second-order valence-corrected chi connectivity index (χ2v) is 5.73. The highest BCUT2D eigenvalue weighted by Gasteiger charge is 2.23. The van der Waals surface area contributed by atoms with Gasteiger partial charge in [-0.15, -0.1) is 0 Å². The highest BCUT2D eigenvalue weighted by Crippen LogP contribution is 2.47. The molecule has 2 aromatic carbocycles. The van der Waals surface area contributed by atoms with Crippen LogP contribution in [0.3, 0.4) is 0 Å². The lowest BCUT2D eigenvalue weighted by Crippen LogP contribution is -2.06. The Balaban J connectivity index is 2.67. The van der Waals surface area contributed by atoms with Crippen LogP contribution in [0.5, 0.6) is 34.5 Å². The lowest BCUT2D eigenvalue weighted by molar-refractivity contribution is 0.0590. The second kappa shape index (κ2) is 10.2. The van der Waals surface area contributed by atoms with Crippen molar-refractivity contribution in [2.24, 2.45) is 0 Å². The van der Waals surface area contributed by atoms with Gasteiger partial charge in [0.1, 0.15) is 0 Å². The van der Waals surface area contributed by atoms with E-state index in [9.17, 15) is 9.59 Å². The Kier molecular flexibility index (Phi) is 7.74. The standard InChI is InChI=1S/C21H24O9/c1-7-29-18-14(24-2)8-13(21(23)28-6)11-17(18)30-19-15(25-3)9-12(20(22)27-5)10-16(19)26-4/h8-11H,7H2,1-6H3. The van der Waals surface area contributed by atoms with E-state index in [1.807, 2.05) is 0 Å². The molecule has 9 nitrogen and oxygen atoms in total. The molecule has 2 rings (SSSR count). The molecule has 30 heavy (non-hydrogen) atoms. The molecule has 0 fully saturated rings. The number of carbonyl (C=O) groups excluding carboxylic acids is 2. The highest BCUT2D eigenvalue weighted by molar-refractivity contribution is 5.92. The molecule has 0 N–H and O–H groups in total. The fraction of sp³-hybridized carbons (Fsp3) is 0.333. The first-order valence-electron chi connectivity index (χ1n) is 8.89. The van der Waals surface area contributed by atoms with Crippen molar-refractivity contribution in [2.75, 3.05) is 42.2 Å². The maximum atomic E-state index is 12.1. The van der Waals surface area contributed by atoms with E-state index < -0.39 is 11.9 Å². The monoisotopic (exact) mass is 420 g/mol. The first-order valence-corrected chi connectivity index (χ1v) is 8.89. The molecule has 0 saturated carbocycles. The van der Waals surface area contributed by atoms with Crippen molar-refractivity contribution >= 4 is 11.9 Å². The topological polar surface area (TPSA) is 98.8 Å². The smallest absolute Gasteiger partial charge is 0.338 e. The molecule has 2 aromatic rings. The van der Waals surface area contributed by atoms with Crippen LogP contribution in [0.1, 0.15) is 27.6 Å². The van der Waals surface area contributed by atoms with Crippen LogP contribution in [0.25, 0.3) is 0 Å². The van der Waals surface area contributed by atoms with E-state index in [2.05, 4.69) is 0 Å². The molecule has 0 bridgehead atoms. The van der Waals surface area contributed by atoms with E-state index in [1.54, 1.807) is 6.92 Å². The quantitative estimate of drug-likeness (QED) is 0.565. The van der Waals surface area contributed by atoms with Crippen molar-refractivity contribution in [3.63, 3.8) is 0 Å². The van der Waals surface area contributed by atoms with E-state index in [0.717, 1.165) is 0 Å². The number of hydrogen-bond acceptors (Lipinski definition) is 9. The molecule has 162 valence electrons. The van der Waals surface area contributed by atoms with E-state index in [1.165, 1.54) is 59.8 Å². The van der Waals surface area contributed by atoms with Gasteiger partial charge in [-0.05, 0) is 31.2 Å². The predicted molar refractivity (Wildman–Crippen MR) is 106 cm³/mol. The van der Waals surface area contributed by atoms with Crippen molar-refractivity contribution < 1.29 is 42.7 Å². The molecule has 0 atom stereocenters. The number of benzene rings is 2. The summed E-state index contributed by atoms with van der Waals surface area (Å²) in [5.41, 5.74) is 0.404. The molecule has 0 spiro atoms. The minimum Gasteiger partial charge on any atom is -0.493 e. The van der Waals surface area contributed by atoms with E-state index in [4.69, 9.17) is 33.2 Å². The maximum absolute atomic E-state index is 12.1. The molecule has 0 heterocycles. The maximum Gasteiger partial charge on any atom is 0.338 e. The Morgan fingerprint density at radius 1 is 0.667 bits per heavy atom. The Morgan fingerprint density at radius 3 is 1.43 bits per heavy atom. The number of carbonyl (C=O) groups is 2. The third-order valence-electron chi connectivity index (χ3n) is 4.04. The third kappa shape index (κ3) is 4.68. The van der Waals surface area contributed by atoms with Crippen LogP contribution in [-0.4, -0.2) is 54.1 Å². The van der Waals surface area contributed by atoms with Crippen LogP contribution in [0.15, 0.2) is 24.3 Å². The summed E-state index contributed by atoms with van der Waals surface area (Å²) in [7, 11) is 6.80. The summed E-state index contributed by atoms with van der Waals surface area (Å²) in [5, 5.41) is 0. The van der Waals surface area contributed by atoms with Crippen molar-refractivity contribution in [3.05, 3.63) is 35.4 Å². The van der Waals surface area contributed by atoms with Crippen LogP contribution in [0.4, 0.5) is 0 Å². The number of ether oxygens (including phenoxy) is 7. The highest BCUT2D eigenvalue weighted by atomic mass is 16.6. The largest absolute Gasteiger partial charge is 0.493 e. The van der Waals surface area contributed by atoms with Crippen LogP contribution in [0, 0.1) is 0 Å². The molecule has 0 aliphatic rings. The summed E-state index contributed by atoms with van der Waals surface area (Å²) in [6, 6.07) is 5.84. The zero-order chi connectivity index (χ0) is 22.3. The van der Waals surface area contributed by atoms with Crippen molar-refractivity contribution in [3.8, 4) is 34.5 Å². The van der Waals surface area contributed by atoms with Crippen molar-refractivity contribution in [2.45, 2.75) is 6.92 Å². The summed E-state index contributed by atoms with van der Waals surface area (Å²) in [6.45, 7) is 2.11. The zero-order valence-corrected chi connectivity index (χ0v) is 17.7. The molecule has 0 amide bonds. The fourth-order valence-corrected chi connectivity index (χ4v) is 2.65. The van der Waals surface area contributed by atoms with Crippen molar-refractivity contribution in [1.82, 2.24) is 0 Å². The second-order valence-electron chi connectivity index (χ2n) is 5.73. The molecule has 0 unspecified atom stereocenters. The lowest BCUT2D eigenvalue weighted by atomic mass is 10.1.